The maximum atomic E-state index is 12.8. The van der Waals surface area contributed by atoms with Gasteiger partial charge in [0, 0.05) is 18.3 Å². The van der Waals surface area contributed by atoms with Gasteiger partial charge >= 0.3 is 5.97 Å². The van der Waals surface area contributed by atoms with Crippen LogP contribution in [-0.2, 0) is 19.1 Å². The Bertz CT molecular complexity index is 896. The van der Waals surface area contributed by atoms with Crippen molar-refractivity contribution in [3.05, 3.63) is 23.3 Å². The summed E-state index contributed by atoms with van der Waals surface area (Å²) in [5.41, 5.74) is 1.25. The molecule has 156 valence electrons. The summed E-state index contributed by atoms with van der Waals surface area (Å²) in [6, 6.07) is 0. The Kier molecular flexibility index (Phi) is 3.79. The lowest BCUT2D eigenvalue weighted by Gasteiger charge is -2.58. The molecule has 3 saturated carbocycles. The normalized spacial score (nSPS) is 49.7. The summed E-state index contributed by atoms with van der Waals surface area (Å²) in [6.07, 6.45) is 8.81. The number of ether oxygens (including phenoxy) is 1. The molecule has 0 aromatic carbocycles. The van der Waals surface area contributed by atoms with E-state index in [9.17, 15) is 14.4 Å². The van der Waals surface area contributed by atoms with E-state index < -0.39 is 5.60 Å². The largest absolute Gasteiger partial charge is 0.451 e. The fraction of sp³-hybridized carbons (Fsp3) is 0.720. The zero-order valence-corrected chi connectivity index (χ0v) is 18.2. The first kappa shape index (κ1) is 19.3. The standard InChI is InChI=1S/C25H32O4/c1-13-10-16-18-7-9-25(14(2)26,29-15(3)27)23(18,4)8-6-19(16)24(5)20(13)12-22(28)17-11-21(17)24/h10,12,16-19,21H,6-9,11H2,1-5H3/t16-,17?,18-,19+,21?,23-,24-,25+/m0/s1. The maximum Gasteiger partial charge on any atom is 0.303 e. The summed E-state index contributed by atoms with van der Waals surface area (Å²) in [7, 11) is 0. The van der Waals surface area contributed by atoms with Crippen molar-refractivity contribution < 1.29 is 19.1 Å². The van der Waals surface area contributed by atoms with Crippen LogP contribution in [0.3, 0.4) is 0 Å². The monoisotopic (exact) mass is 396 g/mol. The van der Waals surface area contributed by atoms with Crippen LogP contribution in [0.15, 0.2) is 23.3 Å². The van der Waals surface area contributed by atoms with Crippen LogP contribution in [0.2, 0.25) is 0 Å². The predicted octanol–water partition coefficient (Wildman–Crippen LogP) is 4.43. The third kappa shape index (κ3) is 2.18. The van der Waals surface area contributed by atoms with Gasteiger partial charge in [0.05, 0.1) is 0 Å². The van der Waals surface area contributed by atoms with Crippen molar-refractivity contribution in [2.45, 2.75) is 72.3 Å². The molecule has 0 aliphatic heterocycles. The van der Waals surface area contributed by atoms with Crippen molar-refractivity contribution in [1.29, 1.82) is 0 Å². The molecule has 0 spiro atoms. The van der Waals surface area contributed by atoms with Crippen LogP contribution in [0.1, 0.15) is 66.7 Å². The third-order valence-corrected chi connectivity index (χ3v) is 9.77. The minimum atomic E-state index is -0.988. The van der Waals surface area contributed by atoms with E-state index in [0.29, 0.717) is 35.9 Å². The average molecular weight is 397 g/mol. The molecule has 29 heavy (non-hydrogen) atoms. The summed E-state index contributed by atoms with van der Waals surface area (Å²) < 4.78 is 5.85. The molecule has 3 fully saturated rings. The van der Waals surface area contributed by atoms with Crippen LogP contribution in [0, 0.1) is 40.4 Å². The summed E-state index contributed by atoms with van der Waals surface area (Å²) in [5, 5.41) is 0. The van der Waals surface area contributed by atoms with Crippen molar-refractivity contribution in [2.24, 2.45) is 40.4 Å². The Morgan fingerprint density at radius 1 is 1.07 bits per heavy atom. The molecular weight excluding hydrogens is 364 g/mol. The van der Waals surface area contributed by atoms with E-state index in [0.717, 1.165) is 25.7 Å². The highest BCUT2D eigenvalue weighted by Gasteiger charge is 2.70. The number of carbonyl (C=O) groups is 3. The molecule has 0 heterocycles. The second-order valence-corrected chi connectivity index (χ2v) is 10.8. The number of Topliss-reactive ketones (excluding diaryl/α,β-unsaturated/α-hetero) is 1. The molecule has 8 atom stereocenters. The lowest BCUT2D eigenvalue weighted by atomic mass is 9.46. The Balaban J connectivity index is 1.60. The summed E-state index contributed by atoms with van der Waals surface area (Å²) in [5.74, 6) is 1.86. The van der Waals surface area contributed by atoms with Crippen molar-refractivity contribution in [1.82, 2.24) is 0 Å². The van der Waals surface area contributed by atoms with Crippen LogP contribution < -0.4 is 0 Å². The molecule has 0 aromatic heterocycles. The van der Waals surface area contributed by atoms with E-state index in [1.165, 1.54) is 18.1 Å². The van der Waals surface area contributed by atoms with Gasteiger partial charge < -0.3 is 4.74 Å². The van der Waals surface area contributed by atoms with Gasteiger partial charge in [-0.2, -0.15) is 0 Å². The molecule has 0 N–H and O–H groups in total. The van der Waals surface area contributed by atoms with Gasteiger partial charge in [-0.15, -0.1) is 0 Å². The van der Waals surface area contributed by atoms with Crippen LogP contribution in [0.25, 0.3) is 0 Å². The highest BCUT2D eigenvalue weighted by atomic mass is 16.6. The Labute approximate surface area is 173 Å². The van der Waals surface area contributed by atoms with E-state index in [2.05, 4.69) is 26.8 Å². The Morgan fingerprint density at radius 2 is 1.76 bits per heavy atom. The molecule has 0 amide bonds. The molecule has 5 aliphatic rings. The highest BCUT2D eigenvalue weighted by molar-refractivity contribution is 5.97. The lowest BCUT2D eigenvalue weighted by molar-refractivity contribution is -0.185. The minimum absolute atomic E-state index is 0.00928. The van der Waals surface area contributed by atoms with Crippen LogP contribution in [0.5, 0.6) is 0 Å². The number of carbonyl (C=O) groups excluding carboxylic acids is 3. The zero-order chi connectivity index (χ0) is 20.9. The molecular formula is C25H32O4. The van der Waals surface area contributed by atoms with Gasteiger partial charge in [-0.3, -0.25) is 14.4 Å². The first-order valence-corrected chi connectivity index (χ1v) is 11.2. The molecule has 0 saturated heterocycles. The second kappa shape index (κ2) is 5.70. The Morgan fingerprint density at radius 3 is 2.41 bits per heavy atom. The molecule has 0 radical (unpaired) electrons. The number of fused-ring (bicyclic) bond motifs is 7. The minimum Gasteiger partial charge on any atom is -0.451 e. The third-order valence-electron chi connectivity index (χ3n) is 9.77. The summed E-state index contributed by atoms with van der Waals surface area (Å²) in [4.78, 5) is 37.2. The molecule has 4 heteroatoms. The lowest BCUT2D eigenvalue weighted by Crippen LogP contribution is -2.58. The molecule has 0 aromatic rings. The van der Waals surface area contributed by atoms with Gasteiger partial charge in [0.15, 0.2) is 17.2 Å². The predicted molar refractivity (Wildman–Crippen MR) is 109 cm³/mol. The van der Waals surface area contributed by atoms with E-state index >= 15 is 0 Å². The van der Waals surface area contributed by atoms with Crippen LogP contribution in [-0.4, -0.2) is 23.1 Å². The van der Waals surface area contributed by atoms with Gasteiger partial charge in [0.25, 0.3) is 0 Å². The van der Waals surface area contributed by atoms with Crippen molar-refractivity contribution >= 4 is 17.5 Å². The first-order valence-electron chi connectivity index (χ1n) is 11.2. The second-order valence-electron chi connectivity index (χ2n) is 10.8. The summed E-state index contributed by atoms with van der Waals surface area (Å²) >= 11 is 0. The van der Waals surface area contributed by atoms with E-state index in [1.807, 2.05) is 6.08 Å². The Hall–Kier alpha value is -1.71. The fourth-order valence-corrected chi connectivity index (χ4v) is 8.36. The van der Waals surface area contributed by atoms with E-state index in [4.69, 9.17) is 4.74 Å². The van der Waals surface area contributed by atoms with Crippen LogP contribution >= 0.6 is 0 Å². The van der Waals surface area contributed by atoms with E-state index in [1.54, 1.807) is 6.92 Å². The molecule has 4 nitrogen and oxygen atoms in total. The molecule has 0 bridgehead atoms. The smallest absolute Gasteiger partial charge is 0.303 e. The number of esters is 1. The van der Waals surface area contributed by atoms with Gasteiger partial charge in [0.1, 0.15) is 0 Å². The number of hydrogen-bond donors (Lipinski definition) is 0. The van der Waals surface area contributed by atoms with Crippen molar-refractivity contribution in [3.8, 4) is 0 Å². The fourth-order valence-electron chi connectivity index (χ4n) is 8.36. The van der Waals surface area contributed by atoms with Gasteiger partial charge in [-0.05, 0) is 86.7 Å². The zero-order valence-electron chi connectivity index (χ0n) is 18.2. The van der Waals surface area contributed by atoms with Gasteiger partial charge in [0.2, 0.25) is 0 Å². The highest BCUT2D eigenvalue weighted by Crippen LogP contribution is 2.72. The SMILES string of the molecule is CC(=O)O[C@@]1(C(C)=O)CC[C@H]2[C@@H]3C=C(C)C4=CC(=O)C5CC5[C@@]4(C)[C@@H]3CC[C@@]21C. The number of ketones is 2. The topological polar surface area (TPSA) is 60.4 Å². The quantitative estimate of drug-likeness (QED) is 0.648. The average Bonchev–Trinajstić information content (AvgIpc) is 3.39. The number of rotatable bonds is 2. The van der Waals surface area contributed by atoms with Gasteiger partial charge in [-0.25, -0.2) is 0 Å². The van der Waals surface area contributed by atoms with Gasteiger partial charge in [-0.1, -0.05) is 25.5 Å². The number of hydrogen-bond acceptors (Lipinski definition) is 4. The van der Waals surface area contributed by atoms with E-state index in [-0.39, 0.29) is 28.5 Å². The van der Waals surface area contributed by atoms with Crippen molar-refractivity contribution in [3.63, 3.8) is 0 Å². The molecule has 2 unspecified atom stereocenters. The first-order chi connectivity index (χ1) is 13.6. The molecule has 5 rings (SSSR count). The summed E-state index contributed by atoms with van der Waals surface area (Å²) in [6.45, 7) is 9.75. The van der Waals surface area contributed by atoms with Crippen molar-refractivity contribution in [2.75, 3.05) is 0 Å². The number of allylic oxidation sites excluding steroid dienone is 4. The van der Waals surface area contributed by atoms with Crippen LogP contribution in [0.4, 0.5) is 0 Å². The maximum absolute atomic E-state index is 12.8. The molecule has 5 aliphatic carbocycles.